The first-order valence-corrected chi connectivity index (χ1v) is 18.4. The Morgan fingerprint density at radius 1 is 0.694 bits per heavy atom. The van der Waals surface area contributed by atoms with E-state index in [4.69, 9.17) is 24.4 Å². The average Bonchev–Trinajstić information content (AvgIpc) is 3.54. The van der Waals surface area contributed by atoms with Gasteiger partial charge in [-0.15, -0.1) is 0 Å². The zero-order valence-electron chi connectivity index (χ0n) is 26.9. The Morgan fingerprint density at radius 3 is 1.69 bits per heavy atom. The van der Waals surface area contributed by atoms with Crippen molar-refractivity contribution in [1.29, 1.82) is 0 Å². The Bertz CT molecular complexity index is 1680. The number of rotatable bonds is 13. The zero-order chi connectivity index (χ0) is 34.6. The van der Waals surface area contributed by atoms with Gasteiger partial charge in [-0.05, 0) is 23.3 Å². The third-order valence-electron chi connectivity index (χ3n) is 8.01. The van der Waals surface area contributed by atoms with Crippen molar-refractivity contribution in [3.63, 3.8) is 0 Å². The fourth-order valence-electron chi connectivity index (χ4n) is 5.28. The Labute approximate surface area is 306 Å². The van der Waals surface area contributed by atoms with Crippen LogP contribution in [0.4, 0.5) is 0 Å². The first-order chi connectivity index (χ1) is 23.8. The van der Waals surface area contributed by atoms with Crippen LogP contribution >= 0.6 is 48.0 Å². The Hall–Kier alpha value is -3.88. The number of nitrogens with one attached hydrogen (secondary N) is 1. The van der Waals surface area contributed by atoms with Crippen LogP contribution in [0.2, 0.25) is 0 Å². The molecule has 49 heavy (non-hydrogen) atoms. The summed E-state index contributed by atoms with van der Waals surface area (Å²) in [6.45, 7) is 4.17. The fourth-order valence-corrected chi connectivity index (χ4v) is 7.80. The number of carbonyl (C=O) groups excluding carboxylic acids is 4. The lowest BCUT2D eigenvalue weighted by Crippen LogP contribution is -2.50. The number of hydrogen-bond donors (Lipinski definition) is 1. The van der Waals surface area contributed by atoms with Crippen LogP contribution < -0.4 is 5.32 Å². The van der Waals surface area contributed by atoms with E-state index in [-0.39, 0.29) is 49.6 Å². The van der Waals surface area contributed by atoms with Crippen molar-refractivity contribution in [3.05, 3.63) is 106 Å². The molecule has 1 N–H and O–H groups in total. The molecule has 3 aliphatic heterocycles. The third-order valence-corrected chi connectivity index (χ3v) is 10.8. The van der Waals surface area contributed by atoms with Crippen LogP contribution in [-0.4, -0.2) is 104 Å². The molecule has 0 spiro atoms. The molecule has 3 heterocycles. The van der Waals surface area contributed by atoms with Crippen LogP contribution in [0.15, 0.2) is 94.8 Å². The molecule has 0 bridgehead atoms. The van der Waals surface area contributed by atoms with Gasteiger partial charge in [0.25, 0.3) is 11.8 Å². The molecule has 9 nitrogen and oxygen atoms in total. The molecule has 0 saturated carbocycles. The topological polar surface area (TPSA) is 93.3 Å². The number of piperazine rings is 1. The number of carbonyl (C=O) groups is 4. The van der Waals surface area contributed by atoms with Crippen molar-refractivity contribution in [2.45, 2.75) is 12.8 Å². The maximum absolute atomic E-state index is 12.9. The smallest absolute Gasteiger partial charge is 0.266 e. The highest BCUT2D eigenvalue weighted by molar-refractivity contribution is 8.27. The van der Waals surface area contributed by atoms with E-state index in [9.17, 15) is 19.2 Å². The maximum Gasteiger partial charge on any atom is 0.266 e. The molecule has 0 atom stereocenters. The third kappa shape index (κ3) is 10.6. The summed E-state index contributed by atoms with van der Waals surface area (Å²) >= 11 is 13.3. The molecule has 3 fully saturated rings. The SMILES string of the molecule is O=C(CCN1C(=O)C(=CC=Cc2ccccc2)SC1=S)NCCN1CCN(C(=O)CCN2C(=O)C(=CC=Cc3ccccc3)SC2=S)CC1. The first-order valence-electron chi connectivity index (χ1n) is 16.0. The number of amides is 4. The second-order valence-corrected chi connectivity index (χ2v) is 14.7. The standard InChI is InChI=1S/C36H37N5O4S4/c42-31(17-20-40-33(44)29(48-35(40)46)15-7-13-27-9-3-1-4-10-27)37-19-22-38-23-25-39(26-24-38)32(43)18-21-41-34(45)30(49-36(41)47)16-8-14-28-11-5-2-6-12-28/h1-16H,17-26H2,(H,37,42). The molecule has 2 aromatic carbocycles. The molecule has 13 heteroatoms. The van der Waals surface area contributed by atoms with Gasteiger partial charge in [-0.25, -0.2) is 0 Å². The molecule has 0 unspecified atom stereocenters. The number of nitrogens with zero attached hydrogens (tertiary/aromatic N) is 4. The van der Waals surface area contributed by atoms with Crippen molar-refractivity contribution in [2.75, 3.05) is 52.4 Å². The van der Waals surface area contributed by atoms with Crippen LogP contribution in [0.5, 0.6) is 0 Å². The number of allylic oxidation sites excluding steroid dienone is 4. The average molecular weight is 732 g/mol. The molecule has 0 aromatic heterocycles. The summed E-state index contributed by atoms with van der Waals surface area (Å²) in [7, 11) is 0. The minimum absolute atomic E-state index is 0.00675. The van der Waals surface area contributed by atoms with E-state index in [1.54, 1.807) is 12.2 Å². The predicted molar refractivity (Wildman–Crippen MR) is 206 cm³/mol. The Balaban J connectivity index is 0.957. The van der Waals surface area contributed by atoms with Gasteiger partial charge in [0.1, 0.15) is 8.64 Å². The van der Waals surface area contributed by atoms with E-state index in [1.807, 2.05) is 89.9 Å². The Kier molecular flexibility index (Phi) is 13.5. The molecule has 0 aliphatic carbocycles. The summed E-state index contributed by atoms with van der Waals surface area (Å²) in [6.07, 6.45) is 11.4. The number of benzene rings is 2. The molecule has 0 radical (unpaired) electrons. The number of hydrogen-bond acceptors (Lipinski definition) is 9. The van der Waals surface area contributed by atoms with Gasteiger partial charge >= 0.3 is 0 Å². The molecule has 254 valence electrons. The van der Waals surface area contributed by atoms with Crippen molar-refractivity contribution < 1.29 is 19.2 Å². The molecule has 3 aliphatic rings. The van der Waals surface area contributed by atoms with Crippen LogP contribution in [0.3, 0.4) is 0 Å². The maximum atomic E-state index is 12.9. The molecular weight excluding hydrogens is 695 g/mol. The van der Waals surface area contributed by atoms with Gasteiger partial charge in [0, 0.05) is 65.2 Å². The predicted octanol–water partition coefficient (Wildman–Crippen LogP) is 4.94. The summed E-state index contributed by atoms with van der Waals surface area (Å²) in [5.41, 5.74) is 2.07. The Morgan fingerprint density at radius 2 is 1.18 bits per heavy atom. The van der Waals surface area contributed by atoms with Crippen molar-refractivity contribution in [3.8, 4) is 0 Å². The van der Waals surface area contributed by atoms with E-state index in [2.05, 4.69) is 10.2 Å². The van der Waals surface area contributed by atoms with Gasteiger partial charge in [-0.3, -0.25) is 33.9 Å². The van der Waals surface area contributed by atoms with Crippen molar-refractivity contribution in [2.24, 2.45) is 0 Å². The minimum Gasteiger partial charge on any atom is -0.355 e. The molecular formula is C36H37N5O4S4. The van der Waals surface area contributed by atoms with Gasteiger partial charge in [0.05, 0.1) is 9.81 Å². The van der Waals surface area contributed by atoms with Gasteiger partial charge in [-0.2, -0.15) is 0 Å². The van der Waals surface area contributed by atoms with Gasteiger partial charge in [0.15, 0.2) is 0 Å². The van der Waals surface area contributed by atoms with E-state index >= 15 is 0 Å². The van der Waals surface area contributed by atoms with E-state index in [0.717, 1.165) is 11.1 Å². The summed E-state index contributed by atoms with van der Waals surface area (Å²) < 4.78 is 0.915. The summed E-state index contributed by atoms with van der Waals surface area (Å²) in [5, 5.41) is 2.93. The molecule has 5 rings (SSSR count). The van der Waals surface area contributed by atoms with E-state index < -0.39 is 0 Å². The lowest BCUT2D eigenvalue weighted by Gasteiger charge is -2.35. The molecule has 3 saturated heterocycles. The number of thiocarbonyl (C=S) groups is 2. The molecule has 4 amide bonds. The largest absolute Gasteiger partial charge is 0.355 e. The minimum atomic E-state index is -0.185. The van der Waals surface area contributed by atoms with Crippen LogP contribution in [0.1, 0.15) is 24.0 Å². The lowest BCUT2D eigenvalue weighted by molar-refractivity contribution is -0.133. The van der Waals surface area contributed by atoms with Gasteiger partial charge in [-0.1, -0.05) is 133 Å². The quantitative estimate of drug-likeness (QED) is 0.227. The van der Waals surface area contributed by atoms with E-state index in [1.165, 1.54) is 33.3 Å². The van der Waals surface area contributed by atoms with Crippen molar-refractivity contribution >= 4 is 92.4 Å². The van der Waals surface area contributed by atoms with Crippen LogP contribution in [0, 0.1) is 0 Å². The van der Waals surface area contributed by atoms with Gasteiger partial charge < -0.3 is 10.2 Å². The van der Waals surface area contributed by atoms with Crippen LogP contribution in [-0.2, 0) is 19.2 Å². The van der Waals surface area contributed by atoms with Crippen molar-refractivity contribution in [1.82, 2.24) is 24.9 Å². The second kappa shape index (κ2) is 18.2. The summed E-state index contributed by atoms with van der Waals surface area (Å²) in [6, 6.07) is 19.6. The van der Waals surface area contributed by atoms with Crippen LogP contribution in [0.25, 0.3) is 12.2 Å². The normalized spacial score (nSPS) is 19.1. The zero-order valence-corrected chi connectivity index (χ0v) is 30.1. The van der Waals surface area contributed by atoms with E-state index in [0.29, 0.717) is 57.7 Å². The lowest BCUT2D eigenvalue weighted by atomic mass is 10.2. The fraction of sp³-hybridized carbons (Fsp3) is 0.278. The first kappa shape index (κ1) is 36.4. The summed E-state index contributed by atoms with van der Waals surface area (Å²) in [5.74, 6) is -0.508. The molecule has 2 aromatic rings. The summed E-state index contributed by atoms with van der Waals surface area (Å²) in [4.78, 5) is 59.3. The monoisotopic (exact) mass is 731 g/mol. The second-order valence-electron chi connectivity index (χ2n) is 11.3. The highest BCUT2D eigenvalue weighted by atomic mass is 32.2. The highest BCUT2D eigenvalue weighted by Crippen LogP contribution is 2.32. The highest BCUT2D eigenvalue weighted by Gasteiger charge is 2.33. The van der Waals surface area contributed by atoms with Gasteiger partial charge in [0.2, 0.25) is 11.8 Å². The number of thioether (sulfide) groups is 2.